The van der Waals surface area contributed by atoms with Gasteiger partial charge in [-0.2, -0.15) is 0 Å². The maximum atomic E-state index is 13.9. The summed E-state index contributed by atoms with van der Waals surface area (Å²) in [6, 6.07) is 17.7. The number of benzene rings is 2. The van der Waals surface area contributed by atoms with Crippen molar-refractivity contribution >= 4 is 42.0 Å². The predicted octanol–water partition coefficient (Wildman–Crippen LogP) is 4.85. The first-order valence-electron chi connectivity index (χ1n) is 10.2. The van der Waals surface area contributed by atoms with Crippen LogP contribution in [0.4, 0.5) is 4.39 Å². The molecule has 0 aliphatic rings. The van der Waals surface area contributed by atoms with Crippen LogP contribution >= 0.6 is 0 Å². The van der Waals surface area contributed by atoms with Crippen molar-refractivity contribution in [1.29, 1.82) is 0 Å². The average Bonchev–Trinajstić information content (AvgIpc) is 3.09. The molecule has 0 spiro atoms. The van der Waals surface area contributed by atoms with E-state index in [9.17, 15) is 4.39 Å². The molecule has 0 N–H and O–H groups in total. The average molecular weight is 471 g/mol. The van der Waals surface area contributed by atoms with Crippen LogP contribution in [0.2, 0.25) is 5.21 Å². The summed E-state index contributed by atoms with van der Waals surface area (Å²) in [7, 11) is 0. The Bertz CT molecular complexity index is 1410. The van der Waals surface area contributed by atoms with Crippen molar-refractivity contribution in [3.05, 3.63) is 84.2 Å². The van der Waals surface area contributed by atoms with Crippen LogP contribution in [0.5, 0.6) is 0 Å². The summed E-state index contributed by atoms with van der Waals surface area (Å²) in [6.07, 6.45) is 3.46. The molecule has 0 bridgehead atoms. The van der Waals surface area contributed by atoms with Crippen LogP contribution in [0.3, 0.4) is 0 Å². The summed E-state index contributed by atoms with van der Waals surface area (Å²) in [6.45, 7) is 4.91. The summed E-state index contributed by atoms with van der Waals surface area (Å²) in [5.41, 5.74) is 6.11. The van der Waals surface area contributed by atoms with Crippen molar-refractivity contribution in [3.63, 3.8) is 0 Å². The summed E-state index contributed by atoms with van der Waals surface area (Å²) >= 11 is -0.122. The Morgan fingerprint density at radius 2 is 1.87 bits per heavy atom. The Kier molecular flexibility index (Phi) is 5.29. The van der Waals surface area contributed by atoms with Gasteiger partial charge in [-0.3, -0.25) is 0 Å². The van der Waals surface area contributed by atoms with Crippen LogP contribution < -0.4 is 4.48 Å². The van der Waals surface area contributed by atoms with Gasteiger partial charge in [0, 0.05) is 0 Å². The number of fused-ring (bicyclic) bond motifs is 2. The number of nitrogens with zero attached hydrogens (tertiary/aromatic N) is 4. The number of hydrogen-bond acceptors (Lipinski definition) is 3. The molecule has 0 aliphatic heterocycles. The quantitative estimate of drug-likeness (QED) is 0.344. The first-order valence-corrected chi connectivity index (χ1v) is 12.5. The molecule has 6 heteroatoms. The van der Waals surface area contributed by atoms with E-state index in [4.69, 9.17) is 0 Å². The van der Waals surface area contributed by atoms with Gasteiger partial charge in [-0.05, 0) is 0 Å². The van der Waals surface area contributed by atoms with Crippen molar-refractivity contribution in [3.8, 4) is 11.3 Å². The van der Waals surface area contributed by atoms with E-state index in [1.54, 1.807) is 24.7 Å². The second-order valence-corrected chi connectivity index (χ2v) is 10.2. The van der Waals surface area contributed by atoms with Gasteiger partial charge in [-0.15, -0.1) is 0 Å². The van der Waals surface area contributed by atoms with Crippen LogP contribution in [-0.4, -0.2) is 35.3 Å². The molecular weight excluding hydrogens is 450 g/mol. The van der Waals surface area contributed by atoms with Crippen molar-refractivity contribution in [2.75, 3.05) is 0 Å². The molecule has 4 nitrogen and oxygen atoms in total. The molecule has 0 saturated carbocycles. The zero-order chi connectivity index (χ0) is 21.4. The Hall–Kier alpha value is -3.04. The third kappa shape index (κ3) is 3.98. The summed E-state index contributed by atoms with van der Waals surface area (Å²) < 4.78 is 17.3. The molecule has 1 radical (unpaired) electrons. The van der Waals surface area contributed by atoms with Crippen LogP contribution in [0.15, 0.2) is 67.1 Å². The maximum absolute atomic E-state index is 13.9. The van der Waals surface area contributed by atoms with Gasteiger partial charge < -0.3 is 0 Å². The summed E-state index contributed by atoms with van der Waals surface area (Å²) in [5.74, 6) is -0.177. The van der Waals surface area contributed by atoms with E-state index < -0.39 is 0 Å². The second kappa shape index (κ2) is 8.24. The number of hydrogen-bond donors (Lipinski definition) is 0. The van der Waals surface area contributed by atoms with E-state index in [1.807, 2.05) is 19.1 Å². The van der Waals surface area contributed by atoms with Gasteiger partial charge in [-0.1, -0.05) is 0 Å². The zero-order valence-electron chi connectivity index (χ0n) is 17.4. The van der Waals surface area contributed by atoms with Crippen molar-refractivity contribution in [1.82, 2.24) is 19.5 Å². The molecule has 5 aromatic rings. The number of rotatable bonds is 5. The minimum absolute atomic E-state index is 0.122. The second-order valence-electron chi connectivity index (χ2n) is 7.65. The Labute approximate surface area is 186 Å². The first kappa shape index (κ1) is 19.9. The first-order chi connectivity index (χ1) is 15.1. The Balaban J connectivity index is 1.35. The zero-order valence-corrected chi connectivity index (χ0v) is 19.3. The van der Waals surface area contributed by atoms with Crippen molar-refractivity contribution in [2.24, 2.45) is 0 Å². The molecule has 0 saturated heterocycles. The predicted molar refractivity (Wildman–Crippen MR) is 124 cm³/mol. The molecule has 31 heavy (non-hydrogen) atoms. The molecule has 2 aromatic carbocycles. The number of aryl methyl sites for hydroxylation is 3. The fourth-order valence-electron chi connectivity index (χ4n) is 4.01. The third-order valence-electron chi connectivity index (χ3n) is 5.55. The van der Waals surface area contributed by atoms with E-state index in [0.29, 0.717) is 0 Å². The Morgan fingerprint density at radius 3 is 2.77 bits per heavy atom. The number of halogens is 1. The fraction of sp³-hybridized carbons (Fsp3) is 0.160. The molecule has 0 amide bonds. The molecular formula is C25H21AsFN4. The Morgan fingerprint density at radius 1 is 0.968 bits per heavy atom. The molecule has 0 unspecified atom stereocenters. The van der Waals surface area contributed by atoms with Crippen molar-refractivity contribution < 1.29 is 4.39 Å². The molecule has 3 heterocycles. The van der Waals surface area contributed by atoms with Gasteiger partial charge in [0.2, 0.25) is 0 Å². The van der Waals surface area contributed by atoms with Crippen LogP contribution in [0, 0.1) is 19.7 Å². The minimum atomic E-state index is -0.177. The molecule has 5 rings (SSSR count). The van der Waals surface area contributed by atoms with E-state index in [1.165, 1.54) is 0 Å². The van der Waals surface area contributed by atoms with Crippen molar-refractivity contribution in [2.45, 2.75) is 25.6 Å². The fourth-order valence-corrected chi connectivity index (χ4v) is 5.85. The van der Waals surface area contributed by atoms with Crippen LogP contribution in [-0.2, 0) is 6.54 Å². The summed E-state index contributed by atoms with van der Waals surface area (Å²) in [4.78, 5) is 13.4. The SMILES string of the molecule is Cc1cc(F)cc2c1cc(C)n2CC[As]c1cc(-c2ccc3ncccc3c2)ncn1. The number of aromatic nitrogens is 4. The summed E-state index contributed by atoms with van der Waals surface area (Å²) in [5, 5.41) is 3.24. The molecule has 0 aliphatic carbocycles. The van der Waals surface area contributed by atoms with E-state index in [2.05, 4.69) is 56.8 Å². The van der Waals surface area contributed by atoms with Gasteiger partial charge in [0.05, 0.1) is 0 Å². The molecule has 0 fully saturated rings. The van der Waals surface area contributed by atoms with Crippen LogP contribution in [0.1, 0.15) is 11.3 Å². The van der Waals surface area contributed by atoms with Gasteiger partial charge >= 0.3 is 187 Å². The topological polar surface area (TPSA) is 43.6 Å². The monoisotopic (exact) mass is 471 g/mol. The van der Waals surface area contributed by atoms with Gasteiger partial charge in [0.1, 0.15) is 0 Å². The number of pyridine rings is 1. The van der Waals surface area contributed by atoms with Gasteiger partial charge in [-0.25, -0.2) is 0 Å². The van der Waals surface area contributed by atoms with E-state index in [0.717, 1.165) is 60.6 Å². The van der Waals surface area contributed by atoms with Crippen LogP contribution in [0.25, 0.3) is 33.1 Å². The third-order valence-corrected chi connectivity index (χ3v) is 7.63. The molecule has 3 aromatic heterocycles. The molecule has 153 valence electrons. The van der Waals surface area contributed by atoms with E-state index in [-0.39, 0.29) is 21.6 Å². The normalized spacial score (nSPS) is 11.8. The molecule has 0 atom stereocenters. The van der Waals surface area contributed by atoms with Gasteiger partial charge in [0.15, 0.2) is 0 Å². The van der Waals surface area contributed by atoms with E-state index >= 15 is 0 Å². The standard InChI is InChI=1S/C25H21AsFN4/c1-16-10-20(27)13-24-21(16)11-17(2)31(24)9-7-26-25-14-23(29-15-30-25)19-5-6-22-18(12-19)4-3-8-28-22/h3-6,8,10-15H,7,9H2,1-2H3. The van der Waals surface area contributed by atoms with Gasteiger partial charge in [0.25, 0.3) is 0 Å².